The first-order valence-electron chi connectivity index (χ1n) is 7.70. The predicted molar refractivity (Wildman–Crippen MR) is 92.9 cm³/mol. The van der Waals surface area contributed by atoms with Gasteiger partial charge in [0.15, 0.2) is 0 Å². The third-order valence-corrected chi connectivity index (χ3v) is 9.34. The van der Waals surface area contributed by atoms with Crippen molar-refractivity contribution in [3.05, 3.63) is 48.5 Å². The Hall–Kier alpha value is -1.94. The third kappa shape index (κ3) is 3.44. The first kappa shape index (κ1) is 16.4. The number of ether oxygens (including phenoxy) is 2. The Morgan fingerprint density at radius 3 is 2.18 bits per heavy atom. The Kier molecular flexibility index (Phi) is 5.50. The zero-order valence-electron chi connectivity index (χ0n) is 13.5. The summed E-state index contributed by atoms with van der Waals surface area (Å²) in [7, 11) is -0.0648. The summed E-state index contributed by atoms with van der Waals surface area (Å²) < 4.78 is 11.6. The van der Waals surface area contributed by atoms with Crippen molar-refractivity contribution in [2.45, 2.75) is 25.9 Å². The zero-order valence-corrected chi connectivity index (χ0v) is 14.5. The summed E-state index contributed by atoms with van der Waals surface area (Å²) in [6.45, 7) is 4.48. The van der Waals surface area contributed by atoms with Crippen LogP contribution in [0.1, 0.15) is 13.8 Å². The molecule has 0 bridgehead atoms. The molecule has 0 unspecified atom stereocenters. The zero-order chi connectivity index (χ0) is 16.0. The van der Waals surface area contributed by atoms with Gasteiger partial charge in [-0.3, -0.25) is 0 Å². The number of phenols is 1. The molecule has 0 spiro atoms. The number of phenolic OH excluding ortho intramolecular Hbond substituents is 1. The van der Waals surface area contributed by atoms with Gasteiger partial charge in [0.2, 0.25) is 0 Å². The second-order valence-corrected chi connectivity index (χ2v) is 10.3. The summed E-state index contributed by atoms with van der Waals surface area (Å²) in [5.41, 5.74) is 0. The third-order valence-electron chi connectivity index (χ3n) is 4.38. The van der Waals surface area contributed by atoms with E-state index in [1.165, 1.54) is 5.19 Å². The van der Waals surface area contributed by atoms with E-state index in [1.54, 1.807) is 19.2 Å². The Morgan fingerprint density at radius 1 is 0.955 bits per heavy atom. The van der Waals surface area contributed by atoms with E-state index < -0.39 is 8.07 Å². The van der Waals surface area contributed by atoms with E-state index in [-0.39, 0.29) is 5.75 Å². The minimum absolute atomic E-state index is 0.256. The largest absolute Gasteiger partial charge is 0.508 e. The summed E-state index contributed by atoms with van der Waals surface area (Å²) in [5, 5.41) is 10.7. The minimum atomic E-state index is -1.79. The van der Waals surface area contributed by atoms with Crippen molar-refractivity contribution in [2.24, 2.45) is 0 Å². The lowest BCUT2D eigenvalue weighted by Crippen LogP contribution is -2.52. The van der Waals surface area contributed by atoms with Crippen molar-refractivity contribution >= 4 is 13.3 Å². The Balaban J connectivity index is 2.26. The summed E-state index contributed by atoms with van der Waals surface area (Å²) >= 11 is 0. The summed E-state index contributed by atoms with van der Waals surface area (Å²) in [6.07, 6.45) is 0.713. The predicted octanol–water partition coefficient (Wildman–Crippen LogP) is 3.71. The molecule has 0 aliphatic heterocycles. The Morgan fingerprint density at radius 2 is 1.59 bits per heavy atom. The lowest BCUT2D eigenvalue weighted by atomic mass is 10.3. The summed E-state index contributed by atoms with van der Waals surface area (Å²) in [6, 6.07) is 17.4. The van der Waals surface area contributed by atoms with E-state index in [2.05, 4.69) is 26.0 Å². The molecule has 2 aromatic rings. The highest BCUT2D eigenvalue weighted by molar-refractivity contribution is 6.92. The molecule has 4 heteroatoms. The monoisotopic (exact) mass is 316 g/mol. The van der Waals surface area contributed by atoms with Crippen molar-refractivity contribution in [1.82, 2.24) is 0 Å². The molecule has 1 N–H and O–H groups in total. The molecule has 2 rings (SSSR count). The van der Waals surface area contributed by atoms with Gasteiger partial charge in [0.1, 0.15) is 25.3 Å². The van der Waals surface area contributed by atoms with E-state index in [0.717, 1.165) is 23.6 Å². The number of para-hydroxylation sites is 1. The molecule has 0 radical (unpaired) electrons. The van der Waals surface area contributed by atoms with Gasteiger partial charge in [0.25, 0.3) is 0 Å². The number of methoxy groups -OCH3 is 1. The highest BCUT2D eigenvalue weighted by atomic mass is 28.3. The number of rotatable bonds is 7. The highest BCUT2D eigenvalue weighted by Crippen LogP contribution is 2.23. The SMILES string of the molecule is CC[Si](CC)(COc1ccc(O)cc1)c1ccccc1OC. The molecule has 0 amide bonds. The van der Waals surface area contributed by atoms with Crippen molar-refractivity contribution < 1.29 is 14.6 Å². The molecule has 0 aliphatic rings. The summed E-state index contributed by atoms with van der Waals surface area (Å²) in [5.74, 6) is 2.02. The molecular weight excluding hydrogens is 292 g/mol. The van der Waals surface area contributed by atoms with Gasteiger partial charge in [-0.25, -0.2) is 0 Å². The van der Waals surface area contributed by atoms with Gasteiger partial charge in [-0.2, -0.15) is 0 Å². The van der Waals surface area contributed by atoms with Crippen molar-refractivity contribution in [3.8, 4) is 17.2 Å². The average molecular weight is 316 g/mol. The van der Waals surface area contributed by atoms with Crippen LogP contribution < -0.4 is 14.7 Å². The van der Waals surface area contributed by atoms with Crippen LogP contribution in [-0.2, 0) is 0 Å². The highest BCUT2D eigenvalue weighted by Gasteiger charge is 2.35. The number of benzene rings is 2. The second-order valence-electron chi connectivity index (χ2n) is 5.47. The lowest BCUT2D eigenvalue weighted by Gasteiger charge is -2.31. The van der Waals surface area contributed by atoms with E-state index in [9.17, 15) is 5.11 Å². The van der Waals surface area contributed by atoms with Crippen molar-refractivity contribution in [2.75, 3.05) is 13.3 Å². The van der Waals surface area contributed by atoms with E-state index in [1.807, 2.05) is 24.3 Å². The molecule has 0 saturated heterocycles. The smallest absolute Gasteiger partial charge is 0.134 e. The maximum Gasteiger partial charge on any atom is 0.134 e. The Bertz CT molecular complexity index is 592. The van der Waals surface area contributed by atoms with Gasteiger partial charge in [-0.1, -0.05) is 44.1 Å². The van der Waals surface area contributed by atoms with Gasteiger partial charge < -0.3 is 14.6 Å². The fraction of sp³-hybridized carbons (Fsp3) is 0.333. The Labute approximate surface area is 133 Å². The quantitative estimate of drug-likeness (QED) is 0.791. The van der Waals surface area contributed by atoms with Crippen LogP contribution in [0.15, 0.2) is 48.5 Å². The molecule has 0 aromatic heterocycles. The second kappa shape index (κ2) is 7.36. The van der Waals surface area contributed by atoms with Crippen molar-refractivity contribution in [1.29, 1.82) is 0 Å². The summed E-state index contributed by atoms with van der Waals surface area (Å²) in [4.78, 5) is 0. The first-order valence-corrected chi connectivity index (χ1v) is 10.3. The maximum absolute atomic E-state index is 9.36. The van der Waals surface area contributed by atoms with Crippen LogP contribution in [-0.4, -0.2) is 26.5 Å². The molecule has 0 saturated carbocycles. The molecule has 0 heterocycles. The number of hydrogen-bond acceptors (Lipinski definition) is 3. The van der Waals surface area contributed by atoms with Crippen LogP contribution >= 0.6 is 0 Å². The van der Waals surface area contributed by atoms with Gasteiger partial charge in [-0.05, 0) is 35.5 Å². The van der Waals surface area contributed by atoms with Gasteiger partial charge >= 0.3 is 0 Å². The van der Waals surface area contributed by atoms with Crippen LogP contribution in [0.5, 0.6) is 17.2 Å². The van der Waals surface area contributed by atoms with Gasteiger partial charge in [0, 0.05) is 0 Å². The van der Waals surface area contributed by atoms with Crippen LogP contribution in [0.3, 0.4) is 0 Å². The molecule has 2 aromatic carbocycles. The van der Waals surface area contributed by atoms with Crippen LogP contribution in [0.25, 0.3) is 0 Å². The van der Waals surface area contributed by atoms with E-state index in [4.69, 9.17) is 9.47 Å². The molecule has 22 heavy (non-hydrogen) atoms. The lowest BCUT2D eigenvalue weighted by molar-refractivity contribution is 0.374. The molecule has 0 atom stereocenters. The maximum atomic E-state index is 9.36. The fourth-order valence-electron chi connectivity index (χ4n) is 2.76. The van der Waals surface area contributed by atoms with Crippen LogP contribution in [0.2, 0.25) is 12.1 Å². The molecule has 118 valence electrons. The van der Waals surface area contributed by atoms with Gasteiger partial charge in [0.05, 0.1) is 13.3 Å². The molecular formula is C18H24O3Si. The topological polar surface area (TPSA) is 38.7 Å². The fourth-order valence-corrected chi connectivity index (χ4v) is 6.19. The standard InChI is InChI=1S/C18H24O3Si/c1-4-22(5-2,18-9-7-6-8-17(18)20-3)14-21-16-12-10-15(19)11-13-16/h6-13,19H,4-5,14H2,1-3H3. The van der Waals surface area contributed by atoms with Gasteiger partial charge in [-0.15, -0.1) is 0 Å². The molecule has 3 nitrogen and oxygen atoms in total. The molecule has 0 fully saturated rings. The van der Waals surface area contributed by atoms with E-state index in [0.29, 0.717) is 6.23 Å². The average Bonchev–Trinajstić information content (AvgIpc) is 2.58. The van der Waals surface area contributed by atoms with Crippen LogP contribution in [0, 0.1) is 0 Å². The number of aromatic hydroxyl groups is 1. The van der Waals surface area contributed by atoms with Crippen molar-refractivity contribution in [3.63, 3.8) is 0 Å². The first-order chi connectivity index (χ1) is 10.6. The van der Waals surface area contributed by atoms with E-state index >= 15 is 0 Å². The minimum Gasteiger partial charge on any atom is -0.508 e. The number of hydrogen-bond donors (Lipinski definition) is 1. The normalized spacial score (nSPS) is 11.2. The molecule has 0 aliphatic carbocycles. The van der Waals surface area contributed by atoms with Crippen LogP contribution in [0.4, 0.5) is 0 Å².